The van der Waals surface area contributed by atoms with E-state index < -0.39 is 22.7 Å². The number of nitriles is 1. The van der Waals surface area contributed by atoms with Gasteiger partial charge in [0.1, 0.15) is 0 Å². The first-order chi connectivity index (χ1) is 13.9. The molecule has 0 atom stereocenters. The Morgan fingerprint density at radius 2 is 1.76 bits per heavy atom. The Bertz CT molecular complexity index is 1500. The van der Waals surface area contributed by atoms with Crippen LogP contribution in [-0.4, -0.2) is 28.2 Å². The molecule has 0 radical (unpaired) electrons. The predicted molar refractivity (Wildman–Crippen MR) is 104 cm³/mol. The second kappa shape index (κ2) is 6.49. The van der Waals surface area contributed by atoms with E-state index in [4.69, 9.17) is 5.26 Å². The average Bonchev–Trinajstić information content (AvgIpc) is 3.13. The number of rotatable bonds is 3. The molecule has 0 unspecified atom stereocenters. The molecule has 3 aromatic heterocycles. The normalized spacial score (nSPS) is 11.2. The number of aromatic nitrogens is 5. The summed E-state index contributed by atoms with van der Waals surface area (Å²) in [4.78, 5) is 42.4. The lowest BCUT2D eigenvalue weighted by Crippen LogP contribution is -2.38. The van der Waals surface area contributed by atoms with Crippen LogP contribution in [0.3, 0.4) is 0 Å². The summed E-state index contributed by atoms with van der Waals surface area (Å²) < 4.78 is 4.46. The zero-order chi connectivity index (χ0) is 20.9. The summed E-state index contributed by atoms with van der Waals surface area (Å²) in [6.07, 6.45) is -0.346. The Morgan fingerprint density at radius 3 is 2.41 bits per heavy atom. The van der Waals surface area contributed by atoms with E-state index in [-0.39, 0.29) is 35.5 Å². The highest BCUT2D eigenvalue weighted by atomic mass is 16.3. The molecule has 0 spiro atoms. The molecule has 4 aromatic rings. The van der Waals surface area contributed by atoms with Gasteiger partial charge in [-0.25, -0.2) is 9.20 Å². The smallest absolute Gasteiger partial charge is 0.332 e. The number of aromatic hydroxyl groups is 1. The van der Waals surface area contributed by atoms with Crippen molar-refractivity contribution in [1.82, 2.24) is 23.1 Å². The Morgan fingerprint density at radius 1 is 1.07 bits per heavy atom. The van der Waals surface area contributed by atoms with Gasteiger partial charge in [-0.2, -0.15) is 10.2 Å². The molecule has 0 aliphatic carbocycles. The quantitative estimate of drug-likeness (QED) is 0.517. The van der Waals surface area contributed by atoms with Gasteiger partial charge in [0, 0.05) is 14.1 Å². The van der Waals surface area contributed by atoms with Gasteiger partial charge >= 0.3 is 5.69 Å². The highest BCUT2D eigenvalue weighted by Gasteiger charge is 2.24. The van der Waals surface area contributed by atoms with E-state index in [2.05, 4.69) is 4.98 Å². The molecule has 3 heterocycles. The molecule has 146 valence electrons. The molecule has 10 heteroatoms. The zero-order valence-electron chi connectivity index (χ0n) is 15.7. The predicted octanol–water partition coefficient (Wildman–Crippen LogP) is -0.133. The fourth-order valence-corrected chi connectivity index (χ4v) is 3.39. The molecule has 4 rings (SSSR count). The summed E-state index contributed by atoms with van der Waals surface area (Å²) >= 11 is 0. The molecule has 0 saturated heterocycles. The molecule has 0 saturated carbocycles. The minimum absolute atomic E-state index is 0.00587. The minimum atomic E-state index is -0.721. The number of hydrogen-bond acceptors (Lipinski definition) is 6. The van der Waals surface area contributed by atoms with Crippen molar-refractivity contribution in [3.8, 4) is 11.9 Å². The topological polar surface area (TPSA) is 127 Å². The van der Waals surface area contributed by atoms with E-state index in [0.29, 0.717) is 0 Å². The average molecular weight is 392 g/mol. The minimum Gasteiger partial charge on any atom is -0.494 e. The summed E-state index contributed by atoms with van der Waals surface area (Å²) in [5.74, 6) is -0.392. The fraction of sp³-hybridized carbons (Fsp3) is 0.211. The summed E-state index contributed by atoms with van der Waals surface area (Å²) in [5, 5.41) is 19.9. The van der Waals surface area contributed by atoms with Crippen LogP contribution in [0.25, 0.3) is 16.9 Å². The molecular formula is C19H16N6O4. The molecule has 1 N–H and O–H groups in total. The van der Waals surface area contributed by atoms with Crippen molar-refractivity contribution in [3.05, 3.63) is 72.7 Å². The van der Waals surface area contributed by atoms with Gasteiger partial charge in [-0.1, -0.05) is 30.3 Å². The van der Waals surface area contributed by atoms with Crippen LogP contribution in [-0.2, 0) is 27.1 Å². The van der Waals surface area contributed by atoms with Crippen molar-refractivity contribution in [2.75, 3.05) is 0 Å². The highest BCUT2D eigenvalue weighted by Crippen LogP contribution is 2.21. The summed E-state index contributed by atoms with van der Waals surface area (Å²) in [6.45, 7) is 0.145. The van der Waals surface area contributed by atoms with Crippen molar-refractivity contribution < 1.29 is 5.11 Å². The molecular weight excluding hydrogens is 376 g/mol. The van der Waals surface area contributed by atoms with Crippen molar-refractivity contribution in [3.63, 3.8) is 0 Å². The number of imidazole rings is 1. The third-order valence-electron chi connectivity index (χ3n) is 4.91. The standard InChI is InChI=1S/C19H16N6O4/c1-22-14-13(17(28)23(2)19(22)29)25-16(27)12(8-9-20)15(26)24(18(25)21-14)10-11-6-4-3-5-7-11/h3-7,26H,8,10H2,1-2H3. The number of nitrogens with zero attached hydrogens (tertiary/aromatic N) is 6. The maximum absolute atomic E-state index is 13.0. The van der Waals surface area contributed by atoms with Gasteiger partial charge in [0.05, 0.1) is 24.6 Å². The molecule has 10 nitrogen and oxygen atoms in total. The number of hydrogen-bond donors (Lipinski definition) is 1. The van der Waals surface area contributed by atoms with E-state index in [0.717, 1.165) is 19.1 Å². The second-order valence-corrected chi connectivity index (χ2v) is 6.64. The molecule has 0 aliphatic rings. The summed E-state index contributed by atoms with van der Waals surface area (Å²) in [6, 6.07) is 11.0. The number of benzene rings is 1. The van der Waals surface area contributed by atoms with E-state index in [1.807, 2.05) is 36.4 Å². The first-order valence-electron chi connectivity index (χ1n) is 8.70. The SMILES string of the molecule is Cn1c(=O)c2c(nc3n(Cc4ccccc4)c(O)c(CC#N)c(=O)n23)n(C)c1=O. The van der Waals surface area contributed by atoms with Crippen molar-refractivity contribution in [1.29, 1.82) is 5.26 Å². The molecule has 1 aromatic carbocycles. The fourth-order valence-electron chi connectivity index (χ4n) is 3.39. The van der Waals surface area contributed by atoms with Crippen LogP contribution in [0.5, 0.6) is 5.88 Å². The van der Waals surface area contributed by atoms with Crippen LogP contribution in [0.15, 0.2) is 44.7 Å². The summed E-state index contributed by atoms with van der Waals surface area (Å²) in [5.41, 5.74) is -1.40. The van der Waals surface area contributed by atoms with Crippen LogP contribution >= 0.6 is 0 Å². The third-order valence-corrected chi connectivity index (χ3v) is 4.91. The number of fused-ring (bicyclic) bond motifs is 3. The highest BCUT2D eigenvalue weighted by molar-refractivity contribution is 5.75. The van der Waals surface area contributed by atoms with Gasteiger partial charge in [-0.15, -0.1) is 0 Å². The molecule has 0 amide bonds. The lowest BCUT2D eigenvalue weighted by Gasteiger charge is -2.13. The molecule has 0 fully saturated rings. The Kier molecular flexibility index (Phi) is 4.08. The van der Waals surface area contributed by atoms with Crippen LogP contribution in [0.2, 0.25) is 0 Å². The van der Waals surface area contributed by atoms with Gasteiger partial charge in [-0.05, 0) is 5.56 Å². The van der Waals surface area contributed by atoms with Gasteiger partial charge < -0.3 is 5.11 Å². The molecule has 0 aliphatic heterocycles. The lowest BCUT2D eigenvalue weighted by molar-refractivity contribution is 0.413. The van der Waals surface area contributed by atoms with Crippen LogP contribution in [0.4, 0.5) is 0 Å². The lowest BCUT2D eigenvalue weighted by atomic mass is 10.2. The monoisotopic (exact) mass is 392 g/mol. The van der Waals surface area contributed by atoms with Gasteiger partial charge in [-0.3, -0.25) is 23.3 Å². The first kappa shape index (κ1) is 18.2. The molecule has 29 heavy (non-hydrogen) atoms. The third kappa shape index (κ3) is 2.55. The summed E-state index contributed by atoms with van der Waals surface area (Å²) in [7, 11) is 2.75. The maximum Gasteiger partial charge on any atom is 0.332 e. The van der Waals surface area contributed by atoms with Crippen LogP contribution < -0.4 is 16.8 Å². The first-order valence-corrected chi connectivity index (χ1v) is 8.70. The van der Waals surface area contributed by atoms with Gasteiger partial charge in [0.2, 0.25) is 11.7 Å². The molecule has 0 bridgehead atoms. The number of aryl methyl sites for hydroxylation is 1. The van der Waals surface area contributed by atoms with Crippen LogP contribution in [0.1, 0.15) is 11.1 Å². The van der Waals surface area contributed by atoms with E-state index in [1.165, 1.54) is 18.7 Å². The Hall–Kier alpha value is -4.13. The second-order valence-electron chi connectivity index (χ2n) is 6.64. The van der Waals surface area contributed by atoms with Crippen LogP contribution in [0, 0.1) is 11.3 Å². The largest absolute Gasteiger partial charge is 0.494 e. The van der Waals surface area contributed by atoms with Gasteiger partial charge in [0.25, 0.3) is 11.1 Å². The van der Waals surface area contributed by atoms with E-state index in [9.17, 15) is 19.5 Å². The Balaban J connectivity index is 2.23. The maximum atomic E-state index is 13.0. The van der Waals surface area contributed by atoms with Crippen molar-refractivity contribution >= 4 is 16.9 Å². The van der Waals surface area contributed by atoms with E-state index in [1.54, 1.807) is 0 Å². The Labute approximate surface area is 162 Å². The zero-order valence-corrected chi connectivity index (χ0v) is 15.7. The van der Waals surface area contributed by atoms with Gasteiger partial charge in [0.15, 0.2) is 11.2 Å². The van der Waals surface area contributed by atoms with Crippen molar-refractivity contribution in [2.45, 2.75) is 13.0 Å². The van der Waals surface area contributed by atoms with Crippen molar-refractivity contribution in [2.24, 2.45) is 14.1 Å². The van der Waals surface area contributed by atoms with E-state index >= 15 is 0 Å².